The molecule has 3 aliphatic rings. The fourth-order valence-corrected chi connectivity index (χ4v) is 11.2. The van der Waals surface area contributed by atoms with Gasteiger partial charge in [0.25, 0.3) is 11.8 Å². The van der Waals surface area contributed by atoms with Crippen molar-refractivity contribution < 1.29 is 110 Å². The Balaban J connectivity index is 0.000000249. The van der Waals surface area contributed by atoms with E-state index in [2.05, 4.69) is 20.2 Å². The first-order chi connectivity index (χ1) is 35.1. The number of carboxylic acids is 1. The van der Waals surface area contributed by atoms with E-state index in [9.17, 15) is 65.9 Å². The molecule has 7 rings (SSSR count). The maximum absolute atomic E-state index is 13.7. The summed E-state index contributed by atoms with van der Waals surface area (Å²) in [7, 11) is -8.41. The van der Waals surface area contributed by atoms with Crippen LogP contribution in [-0.2, 0) is 53.1 Å². The Labute approximate surface area is 421 Å². The van der Waals surface area contributed by atoms with Gasteiger partial charge in [-0.1, -0.05) is 0 Å². The fourth-order valence-electron chi connectivity index (χ4n) is 7.40. The van der Waals surface area contributed by atoms with Crippen LogP contribution in [0.3, 0.4) is 0 Å². The van der Waals surface area contributed by atoms with Crippen molar-refractivity contribution in [1.29, 1.82) is 0 Å². The first kappa shape index (κ1) is 59.7. The molecule has 2 amide bonds. The third-order valence-electron chi connectivity index (χ3n) is 11.4. The number of carboxylic acid groups (broad SMARTS) is 1. The van der Waals surface area contributed by atoms with Gasteiger partial charge < -0.3 is 28.8 Å². The van der Waals surface area contributed by atoms with Gasteiger partial charge in [0, 0.05) is 63.0 Å². The number of nitrogens with zero attached hydrogens (tertiary/aromatic N) is 2. The molecule has 0 spiro atoms. The highest BCUT2D eigenvalue weighted by Gasteiger charge is 2.54. The number of benzene rings is 2. The largest absolute Gasteiger partial charge is 0.490 e. The number of sulfone groups is 2. The van der Waals surface area contributed by atoms with Crippen LogP contribution in [0.1, 0.15) is 44.9 Å². The summed E-state index contributed by atoms with van der Waals surface area (Å²) < 4.78 is 181. The average Bonchev–Trinajstić information content (AvgIpc) is 3.39. The van der Waals surface area contributed by atoms with Crippen molar-refractivity contribution in [3.05, 3.63) is 85.2 Å². The van der Waals surface area contributed by atoms with Gasteiger partial charge in [0.05, 0.1) is 21.2 Å². The van der Waals surface area contributed by atoms with Crippen molar-refractivity contribution in [3.8, 4) is 34.0 Å². The number of carbonyl (C=O) groups is 3. The normalized spacial score (nSPS) is 17.9. The van der Waals surface area contributed by atoms with Gasteiger partial charge in [0.1, 0.15) is 11.5 Å². The van der Waals surface area contributed by atoms with Crippen LogP contribution in [-0.4, -0.2) is 135 Å². The number of rotatable bonds is 14. The smallest absolute Gasteiger partial charge is 0.484 e. The van der Waals surface area contributed by atoms with Crippen molar-refractivity contribution in [3.63, 3.8) is 0 Å². The molecule has 1 atom stereocenters. The number of ether oxygens (including phenoxy) is 5. The number of aliphatic carboxylic acids is 1. The van der Waals surface area contributed by atoms with Crippen LogP contribution in [0.15, 0.2) is 95.0 Å². The fraction of sp³-hybridized carbons (Fsp3) is 0.444. The summed E-state index contributed by atoms with van der Waals surface area (Å²) in [4.78, 5) is 47.7. The molecule has 30 heteroatoms. The van der Waals surface area contributed by atoms with Gasteiger partial charge in [-0.2, -0.15) is 39.5 Å². The molecule has 2 aromatic carbocycles. The molecule has 1 unspecified atom stereocenters. The first-order valence-corrected chi connectivity index (χ1v) is 25.1. The van der Waals surface area contributed by atoms with E-state index in [1.807, 2.05) is 0 Å². The van der Waals surface area contributed by atoms with Crippen LogP contribution in [0, 0.1) is 0 Å². The first-order valence-electron chi connectivity index (χ1n) is 22.1. The molecule has 4 N–H and O–H groups in total. The lowest BCUT2D eigenvalue weighted by Crippen LogP contribution is -2.56. The van der Waals surface area contributed by atoms with Crippen LogP contribution in [0.5, 0.6) is 11.5 Å². The van der Waals surface area contributed by atoms with E-state index < -0.39 is 85.0 Å². The zero-order chi connectivity index (χ0) is 55.3. The number of hydrogen-bond acceptors (Lipinski definition) is 16. The average molecular weight is 1120 g/mol. The third-order valence-corrected chi connectivity index (χ3v) is 16.4. The minimum Gasteiger partial charge on any atom is -0.484 e. The summed E-state index contributed by atoms with van der Waals surface area (Å²) in [6.07, 6.45) is -10.4. The molecule has 0 radical (unpaired) electrons. The predicted octanol–water partition coefficient (Wildman–Crippen LogP) is 6.74. The Morgan fingerprint density at radius 1 is 0.613 bits per heavy atom. The van der Waals surface area contributed by atoms with Crippen LogP contribution in [0.2, 0.25) is 0 Å². The monoisotopic (exact) mass is 1120 g/mol. The molecule has 19 nitrogen and oxygen atoms in total. The van der Waals surface area contributed by atoms with Crippen molar-refractivity contribution >= 4 is 37.5 Å². The molecule has 0 saturated carbocycles. The number of nitrogens with one attached hydrogen (secondary N) is 2. The number of hydroxylamine groups is 2. The van der Waals surface area contributed by atoms with Gasteiger partial charge >= 0.3 is 24.5 Å². The van der Waals surface area contributed by atoms with Crippen LogP contribution >= 0.6 is 0 Å². The molecule has 4 aromatic rings. The Morgan fingerprint density at radius 2 is 1.01 bits per heavy atom. The standard InChI is InChI=1S/C24H27F3N2O7S.C19H19F3N2O6S.C2HF3O2/c25-24(26,27)16-35-18-6-4-17(5-7-18)20-9-8-19(15-28-20)37(31,32)23(10-13-33-14-11-23)22(30)29-36-21-3-1-2-12-34-21;20-19(21,22)12-30-14-3-1-13(2-4-14)16-6-5-15(11-23-16)31(27,28)18(17(25)24-26)7-9-29-10-8-18;3-2(4,5)1(6)7/h4-9,15,21H,1-3,10-14,16H2,(H,29,30);1-6,11,26H,7-10,12H2,(H,24,25);(H,6,7). The quantitative estimate of drug-likeness (QED) is 0.0579. The van der Waals surface area contributed by atoms with Crippen molar-refractivity contribution in [2.75, 3.05) is 46.2 Å². The van der Waals surface area contributed by atoms with Gasteiger partial charge in [-0.05, 0) is 111 Å². The van der Waals surface area contributed by atoms with E-state index in [1.54, 1.807) is 0 Å². The number of carbonyl (C=O) groups excluding carboxylic acids is 2. The second-order valence-electron chi connectivity index (χ2n) is 16.4. The summed E-state index contributed by atoms with van der Waals surface area (Å²) in [5.74, 6) is -4.52. The summed E-state index contributed by atoms with van der Waals surface area (Å²) in [5, 5.41) is 16.2. The Bertz CT molecular complexity index is 2750. The van der Waals surface area contributed by atoms with Crippen molar-refractivity contribution in [1.82, 2.24) is 20.9 Å². The SMILES string of the molecule is O=C(NO)C1(S(=O)(=O)c2ccc(-c3ccc(OCC(F)(F)F)cc3)nc2)CCOCC1.O=C(NOC1CCCCO1)C1(S(=O)(=O)c2ccc(-c3ccc(OCC(F)(F)F)cc3)nc2)CCOCC1.O=C(O)C(F)(F)F. The molecule has 3 aliphatic heterocycles. The molecular formula is C45H47F9N4O15S2. The van der Waals surface area contributed by atoms with Gasteiger partial charge in [-0.25, -0.2) is 37.4 Å². The second kappa shape index (κ2) is 25.1. The molecule has 5 heterocycles. The summed E-state index contributed by atoms with van der Waals surface area (Å²) in [6.45, 7) is -2.07. The maximum atomic E-state index is 13.7. The number of pyridine rings is 2. The lowest BCUT2D eigenvalue weighted by atomic mass is 9.98. The molecule has 0 aliphatic carbocycles. The summed E-state index contributed by atoms with van der Waals surface area (Å²) in [5.41, 5.74) is 5.57. The highest BCUT2D eigenvalue weighted by Crippen LogP contribution is 2.38. The van der Waals surface area contributed by atoms with Gasteiger partial charge in [-0.3, -0.25) is 24.8 Å². The minimum absolute atomic E-state index is 0.0248. The zero-order valence-corrected chi connectivity index (χ0v) is 40.5. The maximum Gasteiger partial charge on any atom is 0.490 e. The topological polar surface area (TPSA) is 265 Å². The van der Waals surface area contributed by atoms with Crippen LogP contribution < -0.4 is 20.4 Å². The number of hydrogen-bond donors (Lipinski definition) is 4. The van der Waals surface area contributed by atoms with E-state index in [-0.39, 0.29) is 73.4 Å². The van der Waals surface area contributed by atoms with Gasteiger partial charge in [-0.15, -0.1) is 0 Å². The Morgan fingerprint density at radius 3 is 1.33 bits per heavy atom. The third kappa shape index (κ3) is 15.7. The molecule has 75 heavy (non-hydrogen) atoms. The lowest BCUT2D eigenvalue weighted by Gasteiger charge is -2.35. The van der Waals surface area contributed by atoms with Gasteiger partial charge in [0.15, 0.2) is 48.7 Å². The number of aromatic nitrogens is 2. The number of alkyl halides is 9. The van der Waals surface area contributed by atoms with E-state index in [1.165, 1.54) is 78.3 Å². The Kier molecular flexibility index (Phi) is 20.0. The van der Waals surface area contributed by atoms with Crippen molar-refractivity contribution in [2.45, 2.75) is 89.0 Å². The second-order valence-corrected chi connectivity index (χ2v) is 20.9. The van der Waals surface area contributed by atoms with Gasteiger partial charge in [0.2, 0.25) is 0 Å². The highest BCUT2D eigenvalue weighted by atomic mass is 32.2. The van der Waals surface area contributed by atoms with E-state index in [0.29, 0.717) is 35.5 Å². The molecule has 412 valence electrons. The van der Waals surface area contributed by atoms with Crippen LogP contribution in [0.4, 0.5) is 39.5 Å². The van der Waals surface area contributed by atoms with Crippen molar-refractivity contribution in [2.24, 2.45) is 0 Å². The zero-order valence-electron chi connectivity index (χ0n) is 38.9. The van der Waals surface area contributed by atoms with Crippen LogP contribution in [0.25, 0.3) is 22.5 Å². The Hall–Kier alpha value is -6.18. The molecule has 2 aromatic heterocycles. The summed E-state index contributed by atoms with van der Waals surface area (Å²) >= 11 is 0. The molecular weight excluding hydrogens is 1070 g/mol. The number of halogens is 9. The number of amides is 2. The minimum atomic E-state index is -5.08. The van der Waals surface area contributed by atoms with E-state index in [4.69, 9.17) is 38.9 Å². The highest BCUT2D eigenvalue weighted by molar-refractivity contribution is 7.94. The molecule has 3 saturated heterocycles. The van der Waals surface area contributed by atoms with E-state index in [0.717, 1.165) is 25.2 Å². The molecule has 0 bridgehead atoms. The molecule has 3 fully saturated rings. The predicted molar refractivity (Wildman–Crippen MR) is 239 cm³/mol. The lowest BCUT2D eigenvalue weighted by molar-refractivity contribution is -0.202. The van der Waals surface area contributed by atoms with E-state index >= 15 is 0 Å². The summed E-state index contributed by atoms with van der Waals surface area (Å²) in [6, 6.07) is 16.9.